The van der Waals surface area contributed by atoms with Gasteiger partial charge in [-0.1, -0.05) is 42.9 Å². The van der Waals surface area contributed by atoms with Crippen molar-refractivity contribution in [2.24, 2.45) is 5.73 Å². The topological polar surface area (TPSA) is 55.1 Å². The quantitative estimate of drug-likeness (QED) is 0.562. The van der Waals surface area contributed by atoms with E-state index >= 15 is 0 Å². The number of nitrogens with two attached hydrogens (primary N) is 1. The van der Waals surface area contributed by atoms with Gasteiger partial charge in [-0.3, -0.25) is 0 Å². The highest BCUT2D eigenvalue weighted by Crippen LogP contribution is 1.96. The van der Waals surface area contributed by atoms with Crippen LogP contribution in [0.5, 0.6) is 0 Å². The maximum absolute atomic E-state index is 9.98. The minimum atomic E-state index is 0.550. The molecule has 3 N–H and O–H groups in total. The Morgan fingerprint density at radius 1 is 1.28 bits per heavy atom. The van der Waals surface area contributed by atoms with Crippen molar-refractivity contribution >= 4 is 6.29 Å². The lowest BCUT2D eigenvalue weighted by Crippen LogP contribution is -2.13. The van der Waals surface area contributed by atoms with Crippen molar-refractivity contribution in [3.8, 4) is 0 Å². The van der Waals surface area contributed by atoms with Crippen molar-refractivity contribution in [1.82, 2.24) is 5.32 Å². The molecule has 0 fully saturated rings. The Morgan fingerprint density at radius 2 is 1.94 bits per heavy atom. The van der Waals surface area contributed by atoms with E-state index in [0.29, 0.717) is 12.2 Å². The molecule has 0 atom stereocenters. The number of aldehydes is 1. The van der Waals surface area contributed by atoms with Gasteiger partial charge in [0, 0.05) is 13.5 Å². The van der Waals surface area contributed by atoms with Gasteiger partial charge in [0.2, 0.25) is 0 Å². The van der Waals surface area contributed by atoms with E-state index in [2.05, 4.69) is 18.3 Å². The van der Waals surface area contributed by atoms with Crippen LogP contribution >= 0.6 is 0 Å². The van der Waals surface area contributed by atoms with Crippen LogP contribution in [0.4, 0.5) is 0 Å². The molecule has 3 heteroatoms. The van der Waals surface area contributed by atoms with Crippen molar-refractivity contribution in [3.05, 3.63) is 47.9 Å². The zero-order valence-corrected chi connectivity index (χ0v) is 11.9. The molecule has 0 aromatic heterocycles. The summed E-state index contributed by atoms with van der Waals surface area (Å²) < 4.78 is 0. The molecule has 0 saturated carbocycles. The maximum atomic E-state index is 9.98. The Labute approximate surface area is 111 Å². The Kier molecular flexibility index (Phi) is 15.7. The van der Waals surface area contributed by atoms with E-state index in [4.69, 9.17) is 5.73 Å². The number of carbonyl (C=O) groups is 1. The second kappa shape index (κ2) is 15.2. The Morgan fingerprint density at radius 3 is 2.39 bits per heavy atom. The summed E-state index contributed by atoms with van der Waals surface area (Å²) in [7, 11) is 1.79. The van der Waals surface area contributed by atoms with Gasteiger partial charge in [0.1, 0.15) is 6.29 Å². The molecule has 0 aliphatic rings. The zero-order valence-electron chi connectivity index (χ0n) is 11.9. The molecule has 0 aliphatic heterocycles. The molecule has 0 aromatic carbocycles. The highest BCUT2D eigenvalue weighted by molar-refractivity contribution is 5.54. The fourth-order valence-electron chi connectivity index (χ4n) is 0.851. The van der Waals surface area contributed by atoms with Crippen molar-refractivity contribution in [2.75, 3.05) is 7.05 Å². The van der Waals surface area contributed by atoms with Gasteiger partial charge in [0.05, 0.1) is 5.82 Å². The third-order valence-corrected chi connectivity index (χ3v) is 1.91. The van der Waals surface area contributed by atoms with Crippen molar-refractivity contribution in [2.45, 2.75) is 33.6 Å². The van der Waals surface area contributed by atoms with Crippen LogP contribution in [0, 0.1) is 0 Å². The summed E-state index contributed by atoms with van der Waals surface area (Å²) in [6.07, 6.45) is 14.1. The van der Waals surface area contributed by atoms with Gasteiger partial charge in [0.15, 0.2) is 0 Å². The first-order chi connectivity index (χ1) is 8.62. The SMILES string of the molecule is C/C=C\C=C(/N)NC.CC/C=C\C=C(/C)CC=O. The number of rotatable bonds is 6. The van der Waals surface area contributed by atoms with E-state index < -0.39 is 0 Å². The molecule has 0 bridgehead atoms. The predicted molar refractivity (Wildman–Crippen MR) is 80.0 cm³/mol. The molecule has 0 unspecified atom stereocenters. The first-order valence-electron chi connectivity index (χ1n) is 6.14. The van der Waals surface area contributed by atoms with Crippen LogP contribution in [0.25, 0.3) is 0 Å². The van der Waals surface area contributed by atoms with Crippen LogP contribution in [-0.4, -0.2) is 13.3 Å². The number of carbonyl (C=O) groups excluding carboxylic acids is 1. The summed E-state index contributed by atoms with van der Waals surface area (Å²) in [6.45, 7) is 5.98. The Hall–Kier alpha value is -1.77. The molecular weight excluding hydrogens is 224 g/mol. The number of nitrogens with one attached hydrogen (secondary N) is 1. The molecule has 0 aliphatic carbocycles. The fraction of sp³-hybridized carbons (Fsp3) is 0.400. The number of hydrogen-bond acceptors (Lipinski definition) is 3. The summed E-state index contributed by atoms with van der Waals surface area (Å²) in [5, 5.41) is 2.79. The third-order valence-electron chi connectivity index (χ3n) is 1.91. The van der Waals surface area contributed by atoms with Crippen LogP contribution in [0.1, 0.15) is 33.6 Å². The minimum absolute atomic E-state index is 0.550. The molecule has 102 valence electrons. The molecule has 0 radical (unpaired) electrons. The number of hydrogen-bond donors (Lipinski definition) is 2. The van der Waals surface area contributed by atoms with Gasteiger partial charge in [-0.25, -0.2) is 0 Å². The molecule has 0 amide bonds. The highest BCUT2D eigenvalue weighted by atomic mass is 16.1. The molecule has 0 spiro atoms. The van der Waals surface area contributed by atoms with Crippen molar-refractivity contribution in [1.29, 1.82) is 0 Å². The van der Waals surface area contributed by atoms with Crippen molar-refractivity contribution in [3.63, 3.8) is 0 Å². The van der Waals surface area contributed by atoms with E-state index in [-0.39, 0.29) is 0 Å². The minimum Gasteiger partial charge on any atom is -0.386 e. The summed E-state index contributed by atoms with van der Waals surface area (Å²) in [5.41, 5.74) is 6.47. The zero-order chi connectivity index (χ0) is 14.2. The van der Waals surface area contributed by atoms with E-state index in [1.54, 1.807) is 13.1 Å². The van der Waals surface area contributed by atoms with Crippen LogP contribution in [-0.2, 0) is 4.79 Å². The summed E-state index contributed by atoms with van der Waals surface area (Å²) in [4.78, 5) is 9.98. The summed E-state index contributed by atoms with van der Waals surface area (Å²) >= 11 is 0. The van der Waals surface area contributed by atoms with Gasteiger partial charge in [-0.2, -0.15) is 0 Å². The van der Waals surface area contributed by atoms with E-state index in [9.17, 15) is 4.79 Å². The fourth-order valence-corrected chi connectivity index (χ4v) is 0.851. The lowest BCUT2D eigenvalue weighted by atomic mass is 10.2. The Bertz CT molecular complexity index is 312. The highest BCUT2D eigenvalue weighted by Gasteiger charge is 1.82. The standard InChI is InChI=1S/C9H14O.C6H12N2/c1-3-4-5-6-9(2)7-8-10;1-3-4-5-6(7)8-2/h4-6,8H,3,7H2,1-2H3;3-5,8H,7H2,1-2H3/b5-4-,9-6+;4-3-,6-5+. The summed E-state index contributed by atoms with van der Waals surface area (Å²) in [5.74, 6) is 0.683. The van der Waals surface area contributed by atoms with E-state index in [1.807, 2.05) is 38.2 Å². The van der Waals surface area contributed by atoms with Gasteiger partial charge in [0.25, 0.3) is 0 Å². The van der Waals surface area contributed by atoms with Crippen molar-refractivity contribution < 1.29 is 4.79 Å². The van der Waals surface area contributed by atoms with Gasteiger partial charge in [-0.15, -0.1) is 0 Å². The molecule has 3 nitrogen and oxygen atoms in total. The molecule has 0 saturated heterocycles. The average Bonchev–Trinajstić information content (AvgIpc) is 2.37. The van der Waals surface area contributed by atoms with Crippen LogP contribution in [0.3, 0.4) is 0 Å². The normalized spacial score (nSPS) is 12.4. The largest absolute Gasteiger partial charge is 0.386 e. The molecule has 0 aromatic rings. The average molecular weight is 250 g/mol. The molecule has 0 rings (SSSR count). The summed E-state index contributed by atoms with van der Waals surface area (Å²) in [6, 6.07) is 0. The van der Waals surface area contributed by atoms with Crippen LogP contribution in [0.15, 0.2) is 47.9 Å². The lowest BCUT2D eigenvalue weighted by molar-refractivity contribution is -0.107. The van der Waals surface area contributed by atoms with Gasteiger partial charge in [-0.05, 0) is 26.3 Å². The van der Waals surface area contributed by atoms with Crippen LogP contribution in [0.2, 0.25) is 0 Å². The second-order valence-corrected chi connectivity index (χ2v) is 3.62. The maximum Gasteiger partial charge on any atom is 0.124 e. The monoisotopic (exact) mass is 250 g/mol. The first-order valence-corrected chi connectivity index (χ1v) is 6.14. The van der Waals surface area contributed by atoms with Crippen LogP contribution < -0.4 is 11.1 Å². The Balaban J connectivity index is 0. The second-order valence-electron chi connectivity index (χ2n) is 3.62. The van der Waals surface area contributed by atoms with E-state index in [1.165, 1.54) is 0 Å². The first kappa shape index (κ1) is 18.6. The van der Waals surface area contributed by atoms with Gasteiger partial charge < -0.3 is 15.8 Å². The molecular formula is C15H26N2O. The lowest BCUT2D eigenvalue weighted by Gasteiger charge is -1.93. The molecule has 18 heavy (non-hydrogen) atoms. The predicted octanol–water partition coefficient (Wildman–Crippen LogP) is 3.07. The van der Waals surface area contributed by atoms with Gasteiger partial charge >= 0.3 is 0 Å². The number of allylic oxidation sites excluding steroid dienone is 7. The third kappa shape index (κ3) is 16.7. The molecule has 0 heterocycles. The van der Waals surface area contributed by atoms with E-state index in [0.717, 1.165) is 18.3 Å². The smallest absolute Gasteiger partial charge is 0.124 e.